The van der Waals surface area contributed by atoms with Crippen LogP contribution in [0.1, 0.15) is 54.3 Å². The molecule has 2 aromatic rings. The van der Waals surface area contributed by atoms with E-state index < -0.39 is 6.43 Å². The van der Waals surface area contributed by atoms with E-state index in [0.717, 1.165) is 55.0 Å². The number of alkyl halides is 2. The summed E-state index contributed by atoms with van der Waals surface area (Å²) in [5.41, 5.74) is 5.50. The molecular formula is C23H24F2N4. The first-order chi connectivity index (χ1) is 14.2. The van der Waals surface area contributed by atoms with Gasteiger partial charge in [-0.1, -0.05) is 12.1 Å². The predicted octanol–water partition coefficient (Wildman–Crippen LogP) is 5.25. The Balaban J connectivity index is 1.54. The van der Waals surface area contributed by atoms with Crippen molar-refractivity contribution in [3.63, 3.8) is 0 Å². The van der Waals surface area contributed by atoms with Gasteiger partial charge in [-0.15, -0.1) is 6.58 Å². The van der Waals surface area contributed by atoms with Crippen LogP contribution >= 0.6 is 0 Å². The number of rotatable bonds is 4. The maximum atomic E-state index is 14.0. The van der Waals surface area contributed by atoms with Crippen LogP contribution in [0.5, 0.6) is 0 Å². The summed E-state index contributed by atoms with van der Waals surface area (Å²) in [4.78, 5) is 7.08. The number of pyridine rings is 1. The summed E-state index contributed by atoms with van der Waals surface area (Å²) in [5.74, 6) is 0.828. The molecule has 4 nitrogen and oxygen atoms in total. The summed E-state index contributed by atoms with van der Waals surface area (Å²) in [6, 6.07) is 4.18. The zero-order valence-corrected chi connectivity index (χ0v) is 16.2. The fraction of sp³-hybridized carbons (Fsp3) is 0.391. The minimum absolute atomic E-state index is 0.169. The lowest BCUT2D eigenvalue weighted by molar-refractivity contribution is 0.180. The Morgan fingerprint density at radius 2 is 2.17 bits per heavy atom. The molecule has 0 aromatic carbocycles. The van der Waals surface area contributed by atoms with E-state index in [4.69, 9.17) is 4.98 Å². The summed E-state index contributed by atoms with van der Waals surface area (Å²) < 4.78 is 27.9. The highest BCUT2D eigenvalue weighted by molar-refractivity contribution is 5.57. The van der Waals surface area contributed by atoms with Crippen molar-refractivity contribution in [2.24, 2.45) is 0 Å². The van der Waals surface area contributed by atoms with Crippen molar-refractivity contribution >= 4 is 5.82 Å². The SMILES string of the molecule is C=CC1CCc2ccc(N3CCCC4=C3C=C(C(F)F)C(c3cn[nH]c3)C4)nc21. The Bertz CT molecular complexity index is 990. The molecule has 0 saturated heterocycles. The van der Waals surface area contributed by atoms with E-state index in [1.807, 2.05) is 12.1 Å². The minimum atomic E-state index is -2.49. The van der Waals surface area contributed by atoms with Crippen LogP contribution in [0.2, 0.25) is 0 Å². The lowest BCUT2D eigenvalue weighted by Gasteiger charge is -2.37. The van der Waals surface area contributed by atoms with Crippen molar-refractivity contribution in [2.75, 3.05) is 11.4 Å². The number of hydrogen-bond donors (Lipinski definition) is 1. The summed E-state index contributed by atoms with van der Waals surface area (Å²) in [6.07, 6.45) is 9.18. The average molecular weight is 394 g/mol. The number of nitrogens with zero attached hydrogens (tertiary/aromatic N) is 3. The number of allylic oxidation sites excluding steroid dienone is 4. The van der Waals surface area contributed by atoms with E-state index in [9.17, 15) is 8.78 Å². The highest BCUT2D eigenvalue weighted by Gasteiger charge is 2.34. The Hall–Kier alpha value is -2.76. The molecule has 2 aliphatic carbocycles. The third-order valence-electron chi connectivity index (χ3n) is 6.48. The zero-order valence-electron chi connectivity index (χ0n) is 16.2. The Morgan fingerprint density at radius 3 is 2.93 bits per heavy atom. The number of nitrogens with one attached hydrogen (secondary N) is 1. The maximum absolute atomic E-state index is 14.0. The molecule has 0 saturated carbocycles. The molecule has 3 aliphatic rings. The van der Waals surface area contributed by atoms with Gasteiger partial charge in [-0.05, 0) is 60.9 Å². The van der Waals surface area contributed by atoms with Gasteiger partial charge in [-0.3, -0.25) is 5.10 Å². The molecule has 29 heavy (non-hydrogen) atoms. The number of halogens is 2. The summed E-state index contributed by atoms with van der Waals surface area (Å²) in [5, 5.41) is 6.72. The van der Waals surface area contributed by atoms with Crippen molar-refractivity contribution in [2.45, 2.75) is 50.4 Å². The second-order valence-corrected chi connectivity index (χ2v) is 8.07. The molecule has 1 aliphatic heterocycles. The molecule has 1 N–H and O–H groups in total. The first-order valence-corrected chi connectivity index (χ1v) is 10.3. The van der Waals surface area contributed by atoms with E-state index in [2.05, 4.69) is 27.7 Å². The number of aryl methyl sites for hydroxylation is 1. The third kappa shape index (κ3) is 3.11. The van der Waals surface area contributed by atoms with Crippen molar-refractivity contribution < 1.29 is 8.78 Å². The summed E-state index contributed by atoms with van der Waals surface area (Å²) >= 11 is 0. The van der Waals surface area contributed by atoms with E-state index in [0.29, 0.717) is 6.42 Å². The molecule has 2 unspecified atom stereocenters. The van der Waals surface area contributed by atoms with Crippen LogP contribution in [0, 0.1) is 0 Å². The number of anilines is 1. The number of aromatic amines is 1. The Labute approximate surface area is 169 Å². The molecule has 0 amide bonds. The molecule has 150 valence electrons. The standard InChI is InChI=1S/C23H24F2N4/c1-2-14-5-6-15-7-8-21(28-22(14)15)29-9-3-4-16-10-18(17-12-26-27-13-17)19(23(24)25)11-20(16)29/h2,7-8,11-14,18,23H,1,3-6,9-10H2,(H,26,27). The Kier molecular flexibility index (Phi) is 4.57. The predicted molar refractivity (Wildman–Crippen MR) is 109 cm³/mol. The minimum Gasteiger partial charge on any atom is -0.326 e. The van der Waals surface area contributed by atoms with Gasteiger partial charge in [-0.2, -0.15) is 5.10 Å². The van der Waals surface area contributed by atoms with Crippen LogP contribution in [0.4, 0.5) is 14.6 Å². The number of aromatic nitrogens is 3. The molecule has 5 rings (SSSR count). The monoisotopic (exact) mass is 394 g/mol. The third-order valence-corrected chi connectivity index (χ3v) is 6.48. The number of fused-ring (bicyclic) bond motifs is 1. The maximum Gasteiger partial charge on any atom is 0.260 e. The van der Waals surface area contributed by atoms with Crippen LogP contribution in [-0.2, 0) is 6.42 Å². The quantitative estimate of drug-likeness (QED) is 0.720. The van der Waals surface area contributed by atoms with E-state index in [-0.39, 0.29) is 17.4 Å². The van der Waals surface area contributed by atoms with E-state index in [1.54, 1.807) is 18.5 Å². The summed E-state index contributed by atoms with van der Waals surface area (Å²) in [7, 11) is 0. The van der Waals surface area contributed by atoms with Crippen molar-refractivity contribution in [1.29, 1.82) is 0 Å². The molecule has 0 radical (unpaired) electrons. The van der Waals surface area contributed by atoms with Gasteiger partial charge in [0.25, 0.3) is 6.43 Å². The molecule has 0 fully saturated rings. The summed E-state index contributed by atoms with van der Waals surface area (Å²) in [6.45, 7) is 4.75. The number of hydrogen-bond acceptors (Lipinski definition) is 3. The van der Waals surface area contributed by atoms with Gasteiger partial charge in [0.15, 0.2) is 0 Å². The van der Waals surface area contributed by atoms with Gasteiger partial charge in [-0.25, -0.2) is 13.8 Å². The average Bonchev–Trinajstić information content (AvgIpc) is 3.41. The molecule has 6 heteroatoms. The molecule has 0 bridgehead atoms. The zero-order chi connectivity index (χ0) is 20.0. The molecule has 2 aromatic heterocycles. The number of H-pyrrole nitrogens is 1. The highest BCUT2D eigenvalue weighted by atomic mass is 19.3. The van der Waals surface area contributed by atoms with Crippen LogP contribution in [0.25, 0.3) is 0 Å². The van der Waals surface area contributed by atoms with Gasteiger partial charge in [0.2, 0.25) is 0 Å². The van der Waals surface area contributed by atoms with Crippen LogP contribution < -0.4 is 4.90 Å². The van der Waals surface area contributed by atoms with Gasteiger partial charge in [0, 0.05) is 35.8 Å². The van der Waals surface area contributed by atoms with E-state index in [1.165, 1.54) is 11.1 Å². The van der Waals surface area contributed by atoms with Crippen LogP contribution in [0.3, 0.4) is 0 Å². The Morgan fingerprint density at radius 1 is 1.28 bits per heavy atom. The second kappa shape index (κ2) is 7.25. The molecule has 3 heterocycles. The molecule has 2 atom stereocenters. The van der Waals surface area contributed by atoms with E-state index >= 15 is 0 Å². The van der Waals surface area contributed by atoms with Crippen molar-refractivity contribution in [3.8, 4) is 0 Å². The van der Waals surface area contributed by atoms with Crippen molar-refractivity contribution in [3.05, 3.63) is 76.9 Å². The van der Waals surface area contributed by atoms with Gasteiger partial charge in [0.05, 0.1) is 11.9 Å². The van der Waals surface area contributed by atoms with Crippen molar-refractivity contribution in [1.82, 2.24) is 15.2 Å². The largest absolute Gasteiger partial charge is 0.326 e. The first kappa shape index (κ1) is 18.3. The van der Waals surface area contributed by atoms with Gasteiger partial charge in [0.1, 0.15) is 5.82 Å². The topological polar surface area (TPSA) is 44.8 Å². The van der Waals surface area contributed by atoms with Crippen LogP contribution in [0.15, 0.2) is 60.1 Å². The van der Waals surface area contributed by atoms with Gasteiger partial charge >= 0.3 is 0 Å². The molecular weight excluding hydrogens is 370 g/mol. The fourth-order valence-corrected chi connectivity index (χ4v) is 4.97. The first-order valence-electron chi connectivity index (χ1n) is 10.3. The smallest absolute Gasteiger partial charge is 0.260 e. The highest BCUT2D eigenvalue weighted by Crippen LogP contribution is 2.44. The van der Waals surface area contributed by atoms with Gasteiger partial charge < -0.3 is 4.90 Å². The van der Waals surface area contributed by atoms with Crippen LogP contribution in [-0.4, -0.2) is 28.2 Å². The second-order valence-electron chi connectivity index (χ2n) is 8.07. The lowest BCUT2D eigenvalue weighted by atomic mass is 9.79. The molecule has 0 spiro atoms. The lowest BCUT2D eigenvalue weighted by Crippen LogP contribution is -2.32. The normalized spacial score (nSPS) is 23.8. The fourth-order valence-electron chi connectivity index (χ4n) is 4.97.